The third-order valence-electron chi connectivity index (χ3n) is 4.13. The van der Waals surface area contributed by atoms with Crippen LogP contribution in [0.3, 0.4) is 0 Å². The van der Waals surface area contributed by atoms with Crippen molar-refractivity contribution < 1.29 is 13.2 Å². The number of nitrogens with one attached hydrogen (secondary N) is 2. The molecule has 0 spiro atoms. The van der Waals surface area contributed by atoms with Gasteiger partial charge in [-0.05, 0) is 32.1 Å². The molecule has 0 atom stereocenters. The molecule has 1 amide bonds. The highest BCUT2D eigenvalue weighted by Crippen LogP contribution is 2.26. The first-order chi connectivity index (χ1) is 13.2. The average molecular weight is 416 g/mol. The molecule has 2 N–H and O–H groups in total. The second-order valence-corrected chi connectivity index (χ2v) is 9.05. The van der Waals surface area contributed by atoms with E-state index in [9.17, 15) is 18.5 Å². The van der Waals surface area contributed by atoms with Gasteiger partial charge in [0.05, 0.1) is 5.75 Å². The van der Waals surface area contributed by atoms with Crippen LogP contribution in [-0.4, -0.2) is 34.4 Å². The van der Waals surface area contributed by atoms with E-state index < -0.39 is 15.7 Å². The van der Waals surface area contributed by atoms with Crippen molar-refractivity contribution in [2.75, 3.05) is 11.1 Å². The van der Waals surface area contributed by atoms with Gasteiger partial charge in [0.25, 0.3) is 11.1 Å². The highest BCUT2D eigenvalue weighted by Gasteiger charge is 2.20. The number of hydrogen-bond acceptors (Lipinski definition) is 7. The maximum atomic E-state index is 12.5. The van der Waals surface area contributed by atoms with E-state index in [0.717, 1.165) is 39.3 Å². The number of carbonyl (C=O) groups is 1. The fourth-order valence-corrected chi connectivity index (χ4v) is 4.20. The number of amides is 1. The molecule has 2 heterocycles. The number of benzene rings is 1. The van der Waals surface area contributed by atoms with E-state index in [-0.39, 0.29) is 21.6 Å². The minimum absolute atomic E-state index is 0.0182. The number of rotatable bonds is 5. The van der Waals surface area contributed by atoms with Crippen molar-refractivity contribution in [3.05, 3.63) is 40.6 Å². The molecule has 28 heavy (non-hydrogen) atoms. The van der Waals surface area contributed by atoms with E-state index in [0.29, 0.717) is 0 Å². The summed E-state index contributed by atoms with van der Waals surface area (Å²) >= 11 is 0.749. The lowest BCUT2D eigenvalue weighted by Gasteiger charge is -2.01. The molecule has 0 saturated carbocycles. The summed E-state index contributed by atoms with van der Waals surface area (Å²) in [6.07, 6.45) is 1.51. The SMILES string of the molecule is CCS(=O)(=O)c1nsc(NC(=O)/C(C#N)=C\c2c(C)[nH]c3ccc(C)cc23)n1. The van der Waals surface area contributed by atoms with E-state index >= 15 is 0 Å². The minimum Gasteiger partial charge on any atom is -0.358 e. The number of nitriles is 1. The lowest BCUT2D eigenvalue weighted by Crippen LogP contribution is -2.13. The van der Waals surface area contributed by atoms with Gasteiger partial charge in [0.15, 0.2) is 0 Å². The molecule has 2 aromatic heterocycles. The van der Waals surface area contributed by atoms with E-state index in [4.69, 9.17) is 0 Å². The number of aromatic nitrogens is 3. The molecule has 0 aliphatic heterocycles. The first-order valence-corrected chi connectivity index (χ1v) is 10.8. The van der Waals surface area contributed by atoms with Crippen LogP contribution >= 0.6 is 11.5 Å². The number of anilines is 1. The van der Waals surface area contributed by atoms with Gasteiger partial charge in [-0.2, -0.15) is 14.6 Å². The quantitative estimate of drug-likeness (QED) is 0.487. The van der Waals surface area contributed by atoms with Crippen molar-refractivity contribution >= 4 is 49.4 Å². The molecule has 3 rings (SSSR count). The smallest absolute Gasteiger partial charge is 0.268 e. The van der Waals surface area contributed by atoms with E-state index in [1.807, 2.05) is 38.1 Å². The number of carbonyl (C=O) groups excluding carboxylic acids is 1. The van der Waals surface area contributed by atoms with Crippen LogP contribution in [0.2, 0.25) is 0 Å². The van der Waals surface area contributed by atoms with Crippen molar-refractivity contribution in [1.29, 1.82) is 5.26 Å². The Hall–Kier alpha value is -3.03. The summed E-state index contributed by atoms with van der Waals surface area (Å²) < 4.78 is 27.3. The average Bonchev–Trinajstić information content (AvgIpc) is 3.24. The first kappa shape index (κ1) is 19.7. The van der Waals surface area contributed by atoms with E-state index in [1.54, 1.807) is 0 Å². The lowest BCUT2D eigenvalue weighted by atomic mass is 10.1. The number of nitrogens with zero attached hydrogens (tertiary/aromatic N) is 3. The Morgan fingerprint density at radius 2 is 2.14 bits per heavy atom. The molecule has 3 aromatic rings. The minimum atomic E-state index is -3.56. The maximum absolute atomic E-state index is 12.5. The molecule has 0 fully saturated rings. The largest absolute Gasteiger partial charge is 0.358 e. The standard InChI is InChI=1S/C18H17N5O3S2/c1-4-28(25,26)18-22-17(27-23-18)21-16(24)12(9-19)8-13-11(3)20-15-6-5-10(2)7-14(13)15/h5-8,20H,4H2,1-3H3,(H,21,22,23,24)/b12-8-. The fourth-order valence-electron chi connectivity index (χ4n) is 2.62. The Labute approximate surface area is 166 Å². The van der Waals surface area contributed by atoms with Crippen molar-refractivity contribution in [3.8, 4) is 6.07 Å². The summed E-state index contributed by atoms with van der Waals surface area (Å²) in [7, 11) is -3.56. The van der Waals surface area contributed by atoms with Gasteiger partial charge in [-0.25, -0.2) is 8.42 Å². The second kappa shape index (κ2) is 7.53. The number of fused-ring (bicyclic) bond motifs is 1. The zero-order valence-electron chi connectivity index (χ0n) is 15.4. The van der Waals surface area contributed by atoms with Crippen molar-refractivity contribution in [3.63, 3.8) is 0 Å². The van der Waals surface area contributed by atoms with Crippen molar-refractivity contribution in [1.82, 2.24) is 14.3 Å². The number of sulfone groups is 1. The molecule has 0 bridgehead atoms. The Morgan fingerprint density at radius 3 is 2.82 bits per heavy atom. The van der Waals surface area contributed by atoms with Gasteiger partial charge >= 0.3 is 0 Å². The Kier molecular flexibility index (Phi) is 5.31. The van der Waals surface area contributed by atoms with Crippen LogP contribution in [0.4, 0.5) is 5.13 Å². The molecule has 144 valence electrons. The molecular weight excluding hydrogens is 398 g/mol. The van der Waals surface area contributed by atoms with Crippen LogP contribution in [0, 0.1) is 25.2 Å². The molecule has 0 unspecified atom stereocenters. The highest BCUT2D eigenvalue weighted by molar-refractivity contribution is 7.91. The van der Waals surface area contributed by atoms with Crippen LogP contribution in [0.1, 0.15) is 23.7 Å². The molecule has 1 aromatic carbocycles. The fraction of sp³-hybridized carbons (Fsp3) is 0.222. The van der Waals surface area contributed by atoms with Crippen LogP contribution in [0.25, 0.3) is 17.0 Å². The highest BCUT2D eigenvalue weighted by atomic mass is 32.2. The van der Waals surface area contributed by atoms with E-state index in [1.165, 1.54) is 13.0 Å². The van der Waals surface area contributed by atoms with Crippen LogP contribution in [-0.2, 0) is 14.6 Å². The van der Waals surface area contributed by atoms with Gasteiger partial charge < -0.3 is 4.98 Å². The first-order valence-electron chi connectivity index (χ1n) is 8.33. The van der Waals surface area contributed by atoms with Gasteiger partial charge in [-0.1, -0.05) is 18.6 Å². The second-order valence-electron chi connectivity index (χ2n) is 6.12. The number of hydrogen-bond donors (Lipinski definition) is 2. The molecule has 0 radical (unpaired) electrons. The molecule has 0 saturated heterocycles. The van der Waals surface area contributed by atoms with Gasteiger partial charge in [0, 0.05) is 33.7 Å². The Bertz CT molecular complexity index is 1250. The summed E-state index contributed by atoms with van der Waals surface area (Å²) in [5, 5.41) is 12.5. The van der Waals surface area contributed by atoms with Gasteiger partial charge in [0.2, 0.25) is 15.0 Å². The summed E-state index contributed by atoms with van der Waals surface area (Å²) in [5.41, 5.74) is 3.42. The molecule has 10 heteroatoms. The monoisotopic (exact) mass is 415 g/mol. The predicted molar refractivity (Wildman–Crippen MR) is 108 cm³/mol. The van der Waals surface area contributed by atoms with Gasteiger partial charge in [0.1, 0.15) is 11.6 Å². The summed E-state index contributed by atoms with van der Waals surface area (Å²) in [4.78, 5) is 19.5. The summed E-state index contributed by atoms with van der Waals surface area (Å²) in [5.74, 6) is -0.819. The molecular formula is C18H17N5O3S2. The van der Waals surface area contributed by atoms with Crippen LogP contribution in [0.15, 0.2) is 28.9 Å². The topological polar surface area (TPSA) is 129 Å². The van der Waals surface area contributed by atoms with Gasteiger partial charge in [-0.3, -0.25) is 10.1 Å². The normalized spacial score (nSPS) is 12.1. The predicted octanol–water partition coefficient (Wildman–Crippen LogP) is 2.98. The molecule has 0 aliphatic rings. The third kappa shape index (κ3) is 3.81. The summed E-state index contributed by atoms with van der Waals surface area (Å²) in [6.45, 7) is 5.31. The Balaban J connectivity index is 1.92. The van der Waals surface area contributed by atoms with Crippen molar-refractivity contribution in [2.45, 2.75) is 25.9 Å². The van der Waals surface area contributed by atoms with E-state index in [2.05, 4.69) is 19.7 Å². The Morgan fingerprint density at radius 1 is 1.39 bits per heavy atom. The third-order valence-corrected chi connectivity index (χ3v) is 6.38. The molecule has 0 aliphatic carbocycles. The number of aryl methyl sites for hydroxylation is 2. The van der Waals surface area contributed by atoms with Gasteiger partial charge in [-0.15, -0.1) is 0 Å². The van der Waals surface area contributed by atoms with Crippen molar-refractivity contribution in [2.24, 2.45) is 0 Å². The lowest BCUT2D eigenvalue weighted by molar-refractivity contribution is -0.112. The van der Waals surface area contributed by atoms with Crippen LogP contribution < -0.4 is 5.32 Å². The maximum Gasteiger partial charge on any atom is 0.268 e. The zero-order valence-corrected chi connectivity index (χ0v) is 17.0. The zero-order chi connectivity index (χ0) is 20.5. The number of aromatic amines is 1. The number of H-pyrrole nitrogens is 1. The molecule has 8 nitrogen and oxygen atoms in total. The van der Waals surface area contributed by atoms with Crippen LogP contribution in [0.5, 0.6) is 0 Å². The summed E-state index contributed by atoms with van der Waals surface area (Å²) in [6, 6.07) is 7.78.